The molecule has 0 aromatic carbocycles. The first-order chi connectivity index (χ1) is 8.98. The fourth-order valence-electron chi connectivity index (χ4n) is 2.28. The predicted molar refractivity (Wildman–Crippen MR) is 76.3 cm³/mol. The minimum atomic E-state index is -1.03. The molecule has 6 nitrogen and oxygen atoms in total. The Hall–Kier alpha value is -0.950. The molecule has 2 unspecified atom stereocenters. The number of rotatable bonds is 4. The number of carbonyl (C=O) groups excluding carboxylic acids is 2. The van der Waals surface area contributed by atoms with E-state index in [0.29, 0.717) is 0 Å². The molecule has 116 valence electrons. The van der Waals surface area contributed by atoms with Crippen molar-refractivity contribution in [2.75, 3.05) is 6.26 Å². The Morgan fingerprint density at radius 3 is 2.30 bits per heavy atom. The smallest absolute Gasteiger partial charge is 0.404 e. The number of amides is 1. The Bertz CT molecular complexity index is 391. The highest BCUT2D eigenvalue weighted by Crippen LogP contribution is 2.38. The van der Waals surface area contributed by atoms with Crippen molar-refractivity contribution in [3.8, 4) is 0 Å². The van der Waals surface area contributed by atoms with E-state index in [0.717, 1.165) is 0 Å². The Morgan fingerprint density at radius 1 is 1.45 bits per heavy atom. The number of hydrogen-bond acceptors (Lipinski definition) is 6. The second-order valence-corrected chi connectivity index (χ2v) is 7.26. The summed E-state index contributed by atoms with van der Waals surface area (Å²) in [6.45, 7) is 9.26. The SMILES string of the molecule is CSC([C@H](OC(N)=O)C1OC(C)(C)OC1=O)C(C)(C)C. The second kappa shape index (κ2) is 5.81. The zero-order valence-corrected chi connectivity index (χ0v) is 13.6. The first-order valence-corrected chi connectivity index (χ1v) is 7.66. The Morgan fingerprint density at radius 2 is 2.00 bits per heavy atom. The lowest BCUT2D eigenvalue weighted by Crippen LogP contribution is -2.49. The van der Waals surface area contributed by atoms with Crippen LogP contribution in [0, 0.1) is 5.41 Å². The van der Waals surface area contributed by atoms with Gasteiger partial charge in [0.15, 0.2) is 12.2 Å². The van der Waals surface area contributed by atoms with Crippen molar-refractivity contribution in [2.45, 2.75) is 57.9 Å². The summed E-state index contributed by atoms with van der Waals surface area (Å²) in [7, 11) is 0. The van der Waals surface area contributed by atoms with Gasteiger partial charge in [0.05, 0.1) is 0 Å². The Balaban J connectivity index is 3.06. The summed E-state index contributed by atoms with van der Waals surface area (Å²) in [5.41, 5.74) is 4.92. The molecule has 0 bridgehead atoms. The maximum Gasteiger partial charge on any atom is 0.404 e. The van der Waals surface area contributed by atoms with E-state index in [4.69, 9.17) is 19.9 Å². The van der Waals surface area contributed by atoms with E-state index in [9.17, 15) is 9.59 Å². The van der Waals surface area contributed by atoms with Crippen LogP contribution in [-0.2, 0) is 19.0 Å². The van der Waals surface area contributed by atoms with E-state index in [1.165, 1.54) is 11.8 Å². The van der Waals surface area contributed by atoms with Crippen molar-refractivity contribution >= 4 is 23.8 Å². The van der Waals surface area contributed by atoms with E-state index >= 15 is 0 Å². The highest BCUT2D eigenvalue weighted by Gasteiger charge is 2.51. The van der Waals surface area contributed by atoms with Gasteiger partial charge in [0, 0.05) is 19.1 Å². The maximum atomic E-state index is 12.0. The number of ether oxygens (including phenoxy) is 3. The van der Waals surface area contributed by atoms with Crippen molar-refractivity contribution in [1.29, 1.82) is 0 Å². The zero-order chi connectivity index (χ0) is 15.7. The molecule has 1 saturated heterocycles. The van der Waals surface area contributed by atoms with Gasteiger partial charge in [-0.05, 0) is 11.7 Å². The average molecular weight is 305 g/mol. The first-order valence-electron chi connectivity index (χ1n) is 6.37. The molecular weight excluding hydrogens is 282 g/mol. The van der Waals surface area contributed by atoms with Crippen LogP contribution in [0.2, 0.25) is 0 Å². The van der Waals surface area contributed by atoms with Crippen LogP contribution in [0.1, 0.15) is 34.6 Å². The fourth-order valence-corrected chi connectivity index (χ4v) is 3.45. The molecule has 0 radical (unpaired) electrons. The highest BCUT2D eigenvalue weighted by atomic mass is 32.2. The summed E-state index contributed by atoms with van der Waals surface area (Å²) >= 11 is 1.50. The summed E-state index contributed by atoms with van der Waals surface area (Å²) in [5.74, 6) is -1.56. The third-order valence-corrected chi connectivity index (χ3v) is 4.43. The summed E-state index contributed by atoms with van der Waals surface area (Å²) in [6.07, 6.45) is -0.802. The molecule has 1 aliphatic rings. The molecule has 20 heavy (non-hydrogen) atoms. The van der Waals surface area contributed by atoms with Crippen LogP contribution in [0.15, 0.2) is 0 Å². The van der Waals surface area contributed by atoms with Gasteiger partial charge < -0.3 is 19.9 Å². The summed E-state index contributed by atoms with van der Waals surface area (Å²) in [4.78, 5) is 23.1. The summed E-state index contributed by atoms with van der Waals surface area (Å²) in [6, 6.07) is 0. The lowest BCUT2D eigenvalue weighted by molar-refractivity contribution is -0.163. The number of esters is 1. The molecule has 2 N–H and O–H groups in total. The highest BCUT2D eigenvalue weighted by molar-refractivity contribution is 7.99. The van der Waals surface area contributed by atoms with Crippen LogP contribution in [0.4, 0.5) is 4.79 Å². The van der Waals surface area contributed by atoms with Crippen LogP contribution in [0.25, 0.3) is 0 Å². The van der Waals surface area contributed by atoms with E-state index in [2.05, 4.69) is 0 Å². The van der Waals surface area contributed by atoms with Crippen LogP contribution in [0.3, 0.4) is 0 Å². The fraction of sp³-hybridized carbons (Fsp3) is 0.846. The normalized spacial score (nSPS) is 24.9. The molecule has 1 amide bonds. The van der Waals surface area contributed by atoms with Gasteiger partial charge in [-0.15, -0.1) is 0 Å². The van der Waals surface area contributed by atoms with Crippen LogP contribution >= 0.6 is 11.8 Å². The van der Waals surface area contributed by atoms with Crippen molar-refractivity contribution in [3.63, 3.8) is 0 Å². The van der Waals surface area contributed by atoms with Gasteiger partial charge in [-0.25, -0.2) is 9.59 Å². The maximum absolute atomic E-state index is 12.0. The molecule has 7 heteroatoms. The largest absolute Gasteiger partial charge is 0.442 e. The van der Waals surface area contributed by atoms with Crippen LogP contribution in [0.5, 0.6) is 0 Å². The minimum absolute atomic E-state index is 0.165. The number of thioether (sulfide) groups is 1. The van der Waals surface area contributed by atoms with Gasteiger partial charge in [0.2, 0.25) is 5.79 Å². The molecule has 1 heterocycles. The average Bonchev–Trinajstić information content (AvgIpc) is 2.49. The monoisotopic (exact) mass is 305 g/mol. The molecule has 0 aliphatic carbocycles. The predicted octanol–water partition coefficient (Wildman–Crippen LogP) is 1.91. The van der Waals surface area contributed by atoms with Crippen LogP contribution in [-0.4, -0.2) is 41.6 Å². The van der Waals surface area contributed by atoms with E-state index in [-0.39, 0.29) is 10.7 Å². The van der Waals surface area contributed by atoms with Crippen LogP contribution < -0.4 is 5.73 Å². The lowest BCUT2D eigenvalue weighted by Gasteiger charge is -2.36. The summed E-state index contributed by atoms with van der Waals surface area (Å²) < 4.78 is 15.9. The molecule has 1 fully saturated rings. The number of primary amides is 1. The Labute approximate surface area is 123 Å². The second-order valence-electron chi connectivity index (χ2n) is 6.28. The molecular formula is C13H23NO5S. The standard InChI is InChI=1S/C13H23NO5S/c1-12(2,3)9(20-6)7(17-11(14)16)8-10(15)19-13(4,5)18-8/h7-9H,1-6H3,(H2,14,16)/t7-,8?,9?/m1/s1. The van der Waals surface area contributed by atoms with Crippen molar-refractivity contribution < 1.29 is 23.8 Å². The van der Waals surface area contributed by atoms with Gasteiger partial charge in [-0.3, -0.25) is 0 Å². The lowest BCUT2D eigenvalue weighted by atomic mass is 9.86. The van der Waals surface area contributed by atoms with Crippen molar-refractivity contribution in [1.82, 2.24) is 0 Å². The molecule has 0 saturated carbocycles. The molecule has 1 aliphatic heterocycles. The van der Waals surface area contributed by atoms with Gasteiger partial charge in [0.25, 0.3) is 0 Å². The zero-order valence-electron chi connectivity index (χ0n) is 12.8. The third kappa shape index (κ3) is 4.02. The minimum Gasteiger partial charge on any atom is -0.442 e. The van der Waals surface area contributed by atoms with E-state index in [1.807, 2.05) is 27.0 Å². The van der Waals surface area contributed by atoms with Gasteiger partial charge in [-0.2, -0.15) is 11.8 Å². The van der Waals surface area contributed by atoms with E-state index in [1.54, 1.807) is 13.8 Å². The number of nitrogens with two attached hydrogens (primary N) is 1. The first kappa shape index (κ1) is 17.1. The number of cyclic esters (lactones) is 1. The number of hydrogen-bond donors (Lipinski definition) is 1. The topological polar surface area (TPSA) is 87.8 Å². The quantitative estimate of drug-likeness (QED) is 0.798. The van der Waals surface area contributed by atoms with Gasteiger partial charge in [0.1, 0.15) is 0 Å². The molecule has 0 spiro atoms. The van der Waals surface area contributed by atoms with E-state index < -0.39 is 30.1 Å². The molecule has 0 aromatic rings. The van der Waals surface area contributed by atoms with Crippen molar-refractivity contribution in [3.05, 3.63) is 0 Å². The Kier molecular flexibility index (Phi) is 4.97. The van der Waals surface area contributed by atoms with Gasteiger partial charge in [-0.1, -0.05) is 20.8 Å². The molecule has 1 rings (SSSR count). The van der Waals surface area contributed by atoms with Crippen molar-refractivity contribution in [2.24, 2.45) is 11.1 Å². The third-order valence-electron chi connectivity index (χ3n) is 2.95. The number of carbonyl (C=O) groups is 2. The summed E-state index contributed by atoms with van der Waals surface area (Å²) in [5, 5.41) is -0.165. The molecule has 3 atom stereocenters. The van der Waals surface area contributed by atoms with Gasteiger partial charge >= 0.3 is 12.1 Å². The molecule has 0 aromatic heterocycles.